The van der Waals surface area contributed by atoms with Crippen molar-refractivity contribution in [1.82, 2.24) is 9.88 Å². The Balaban J connectivity index is 0.000000466. The normalized spacial score (nSPS) is 15.2. The molecule has 1 unspecified atom stereocenters. The van der Waals surface area contributed by atoms with Gasteiger partial charge in [0.05, 0.1) is 6.61 Å². The van der Waals surface area contributed by atoms with Crippen LogP contribution in [-0.2, 0) is 25.8 Å². The zero-order valence-electron chi connectivity index (χ0n) is 19.3. The van der Waals surface area contributed by atoms with Gasteiger partial charge in [-0.25, -0.2) is 9.59 Å². The molecule has 1 aromatic carbocycles. The van der Waals surface area contributed by atoms with Crippen LogP contribution >= 0.6 is 11.6 Å². The molecular weight excluding hydrogens is 474 g/mol. The van der Waals surface area contributed by atoms with E-state index in [1.807, 2.05) is 30.3 Å². The third kappa shape index (κ3) is 12.7. The van der Waals surface area contributed by atoms with E-state index in [4.69, 9.17) is 31.4 Å². The monoisotopic (exact) mass is 503 g/mol. The average molecular weight is 504 g/mol. The van der Waals surface area contributed by atoms with Crippen LogP contribution in [0.3, 0.4) is 0 Å². The molecule has 9 nitrogen and oxygen atoms in total. The molecule has 0 radical (unpaired) electrons. The summed E-state index contributed by atoms with van der Waals surface area (Å²) in [6.45, 7) is 3.99. The van der Waals surface area contributed by atoms with Gasteiger partial charge in [0.25, 0.3) is 0 Å². The Morgan fingerprint density at radius 2 is 1.74 bits per heavy atom. The van der Waals surface area contributed by atoms with Crippen molar-refractivity contribution in [2.24, 2.45) is 5.16 Å². The fourth-order valence-electron chi connectivity index (χ4n) is 3.23. The Morgan fingerprint density at radius 3 is 2.34 bits per heavy atom. The minimum Gasteiger partial charge on any atom is -0.478 e. The Bertz CT molecular complexity index is 934. The largest absolute Gasteiger partial charge is 0.478 e. The number of carboxylic acid groups (broad SMARTS) is 2. The Kier molecular flexibility index (Phi) is 13.1. The molecule has 1 aliphatic rings. The molecule has 1 fully saturated rings. The topological polar surface area (TPSA) is 122 Å². The third-order valence-corrected chi connectivity index (χ3v) is 5.20. The third-order valence-electron chi connectivity index (χ3n) is 4.91. The highest BCUT2D eigenvalue weighted by molar-refractivity contribution is 6.69. The number of likely N-dealkylation sites (tertiary alicyclic amines) is 1. The molecule has 10 heteroatoms. The van der Waals surface area contributed by atoms with Gasteiger partial charge in [0, 0.05) is 36.7 Å². The van der Waals surface area contributed by atoms with E-state index in [0.29, 0.717) is 30.5 Å². The van der Waals surface area contributed by atoms with Gasteiger partial charge in [-0.05, 0) is 43.6 Å². The highest BCUT2D eigenvalue weighted by atomic mass is 35.5. The fourth-order valence-corrected chi connectivity index (χ4v) is 3.39. The predicted molar refractivity (Wildman–Crippen MR) is 132 cm³/mol. The highest BCUT2D eigenvalue weighted by Crippen LogP contribution is 2.12. The highest BCUT2D eigenvalue weighted by Gasteiger charge is 2.18. The van der Waals surface area contributed by atoms with Crippen LogP contribution in [0.4, 0.5) is 0 Å². The summed E-state index contributed by atoms with van der Waals surface area (Å²) in [4.78, 5) is 31.1. The van der Waals surface area contributed by atoms with Gasteiger partial charge in [-0.1, -0.05) is 53.5 Å². The van der Waals surface area contributed by atoms with Crippen molar-refractivity contribution < 1.29 is 29.4 Å². The number of piperidine rings is 1. The predicted octanol–water partition coefficient (Wildman–Crippen LogP) is 3.78. The number of hydrogen-bond acceptors (Lipinski definition) is 7. The number of hydrogen-bond donors (Lipinski definition) is 2. The zero-order chi connectivity index (χ0) is 25.3. The van der Waals surface area contributed by atoms with Crippen molar-refractivity contribution in [1.29, 1.82) is 0 Å². The molecule has 1 atom stereocenters. The summed E-state index contributed by atoms with van der Waals surface area (Å²) in [5.74, 6) is -2.51. The van der Waals surface area contributed by atoms with E-state index >= 15 is 0 Å². The summed E-state index contributed by atoms with van der Waals surface area (Å²) in [7, 11) is 0. The SMILES string of the molecule is ClC(=NOCC(CN1CCCCC1)OCc1ccccc1)c1cccnc1.O=C(O)/C=C\C(=O)O. The van der Waals surface area contributed by atoms with Crippen molar-refractivity contribution in [3.63, 3.8) is 0 Å². The van der Waals surface area contributed by atoms with E-state index in [1.54, 1.807) is 12.4 Å². The molecule has 0 aliphatic carbocycles. The summed E-state index contributed by atoms with van der Waals surface area (Å²) in [6.07, 6.45) is 8.21. The van der Waals surface area contributed by atoms with Crippen molar-refractivity contribution in [3.05, 3.63) is 78.1 Å². The van der Waals surface area contributed by atoms with Crippen molar-refractivity contribution in [2.75, 3.05) is 26.2 Å². The number of pyridine rings is 1. The second-order valence-electron chi connectivity index (χ2n) is 7.71. The number of aliphatic carboxylic acids is 2. The molecule has 1 saturated heterocycles. The smallest absolute Gasteiger partial charge is 0.328 e. The van der Waals surface area contributed by atoms with E-state index in [1.165, 1.54) is 19.3 Å². The van der Waals surface area contributed by atoms with E-state index in [9.17, 15) is 9.59 Å². The first kappa shape index (κ1) is 28.0. The van der Waals surface area contributed by atoms with Crippen LogP contribution in [0.2, 0.25) is 0 Å². The number of carbonyl (C=O) groups is 2. The molecule has 1 aromatic heterocycles. The lowest BCUT2D eigenvalue weighted by Crippen LogP contribution is -2.39. The fraction of sp³-hybridized carbons (Fsp3) is 0.360. The average Bonchev–Trinajstić information content (AvgIpc) is 2.88. The van der Waals surface area contributed by atoms with Gasteiger partial charge in [0.1, 0.15) is 12.7 Å². The van der Waals surface area contributed by atoms with E-state index in [0.717, 1.165) is 30.8 Å². The molecule has 2 heterocycles. The second-order valence-corrected chi connectivity index (χ2v) is 8.07. The summed E-state index contributed by atoms with van der Waals surface area (Å²) in [5.41, 5.74) is 1.88. The molecule has 3 rings (SSSR count). The molecular formula is C25H30ClN3O6. The zero-order valence-corrected chi connectivity index (χ0v) is 20.1. The lowest BCUT2D eigenvalue weighted by Gasteiger charge is -2.30. The van der Waals surface area contributed by atoms with Gasteiger partial charge < -0.3 is 24.7 Å². The minimum atomic E-state index is -1.26. The number of carboxylic acids is 2. The molecule has 35 heavy (non-hydrogen) atoms. The lowest BCUT2D eigenvalue weighted by atomic mass is 10.1. The molecule has 1 aliphatic heterocycles. The summed E-state index contributed by atoms with van der Waals surface area (Å²) in [6, 6.07) is 13.8. The number of aromatic nitrogens is 1. The number of oxime groups is 1. The molecule has 0 bridgehead atoms. The maximum absolute atomic E-state index is 9.55. The molecule has 0 spiro atoms. The molecule has 0 saturated carbocycles. The van der Waals surface area contributed by atoms with Gasteiger partial charge >= 0.3 is 11.9 Å². The van der Waals surface area contributed by atoms with E-state index < -0.39 is 11.9 Å². The summed E-state index contributed by atoms with van der Waals surface area (Å²) < 4.78 is 6.13. The first-order valence-electron chi connectivity index (χ1n) is 11.2. The number of rotatable bonds is 11. The van der Waals surface area contributed by atoms with Crippen molar-refractivity contribution in [3.8, 4) is 0 Å². The summed E-state index contributed by atoms with van der Waals surface area (Å²) in [5, 5.41) is 19.9. The van der Waals surface area contributed by atoms with Crippen LogP contribution in [0.5, 0.6) is 0 Å². The van der Waals surface area contributed by atoms with Crippen LogP contribution < -0.4 is 0 Å². The quantitative estimate of drug-likeness (QED) is 0.270. The molecule has 188 valence electrons. The molecule has 0 amide bonds. The maximum Gasteiger partial charge on any atom is 0.328 e. The first-order valence-corrected chi connectivity index (χ1v) is 11.6. The van der Waals surface area contributed by atoms with Crippen LogP contribution in [0.25, 0.3) is 0 Å². The number of ether oxygens (including phenoxy) is 1. The standard InChI is InChI=1S/C21H26ClN3O2.C4H4O4/c22-21(19-10-7-11-23-14-19)24-27-17-20(15-25-12-5-2-6-13-25)26-16-18-8-3-1-4-9-18;5-3(6)1-2-4(7)8/h1,3-4,7-11,14,20H,2,5-6,12-13,15-17H2;1-2H,(H,5,6)(H,7,8)/b;2-1-. The number of nitrogens with zero attached hydrogens (tertiary/aromatic N) is 3. The van der Waals surface area contributed by atoms with E-state index in [-0.39, 0.29) is 6.10 Å². The van der Waals surface area contributed by atoms with Gasteiger partial charge in [0.15, 0.2) is 5.17 Å². The number of benzene rings is 1. The summed E-state index contributed by atoms with van der Waals surface area (Å²) >= 11 is 6.19. The Labute approximate surface area is 209 Å². The van der Waals surface area contributed by atoms with Gasteiger partial charge in [0.2, 0.25) is 0 Å². The Hall–Kier alpha value is -3.27. The minimum absolute atomic E-state index is 0.0644. The van der Waals surface area contributed by atoms with Crippen LogP contribution in [0.1, 0.15) is 30.4 Å². The second kappa shape index (κ2) is 16.4. The number of halogens is 1. The van der Waals surface area contributed by atoms with Crippen LogP contribution in [-0.4, -0.2) is 69.6 Å². The maximum atomic E-state index is 9.55. The van der Waals surface area contributed by atoms with Gasteiger partial charge in [-0.15, -0.1) is 0 Å². The van der Waals surface area contributed by atoms with Gasteiger partial charge in [-0.2, -0.15) is 0 Å². The van der Waals surface area contributed by atoms with Crippen molar-refractivity contribution >= 4 is 28.7 Å². The Morgan fingerprint density at radius 1 is 1.06 bits per heavy atom. The van der Waals surface area contributed by atoms with Crippen LogP contribution in [0.15, 0.2) is 72.2 Å². The van der Waals surface area contributed by atoms with Crippen LogP contribution in [0, 0.1) is 0 Å². The van der Waals surface area contributed by atoms with Crippen molar-refractivity contribution in [2.45, 2.75) is 32.0 Å². The lowest BCUT2D eigenvalue weighted by molar-refractivity contribution is -0.134. The molecule has 2 aromatic rings. The van der Waals surface area contributed by atoms with Gasteiger partial charge in [-0.3, -0.25) is 4.98 Å². The molecule has 2 N–H and O–H groups in total. The van der Waals surface area contributed by atoms with E-state index in [2.05, 4.69) is 27.2 Å². The first-order chi connectivity index (χ1) is 16.9.